The van der Waals surface area contributed by atoms with E-state index < -0.39 is 6.10 Å². The fraction of sp³-hybridized carbons (Fsp3) is 0.467. The average Bonchev–Trinajstić information content (AvgIpc) is 2.97. The summed E-state index contributed by atoms with van der Waals surface area (Å²) in [4.78, 5) is 21.6. The van der Waals surface area contributed by atoms with Crippen molar-refractivity contribution in [2.24, 2.45) is 5.16 Å². The summed E-state index contributed by atoms with van der Waals surface area (Å²) in [6.45, 7) is 3.12. The predicted octanol–water partition coefficient (Wildman–Crippen LogP) is 1.09. The van der Waals surface area contributed by atoms with Crippen LogP contribution >= 0.6 is 0 Å². The lowest BCUT2D eigenvalue weighted by molar-refractivity contribution is -0.143. The van der Waals surface area contributed by atoms with Crippen LogP contribution in [0.3, 0.4) is 0 Å². The maximum Gasteiger partial charge on any atom is 0.266 e. The Bertz CT molecular complexity index is 568. The fourth-order valence-electron chi connectivity index (χ4n) is 2.59. The van der Waals surface area contributed by atoms with E-state index >= 15 is 0 Å². The Morgan fingerprint density at radius 1 is 1.29 bits per heavy atom. The van der Waals surface area contributed by atoms with Crippen LogP contribution in [0.2, 0.25) is 0 Å². The van der Waals surface area contributed by atoms with Crippen molar-refractivity contribution in [2.75, 3.05) is 33.2 Å². The van der Waals surface area contributed by atoms with Crippen LogP contribution in [0.5, 0.6) is 0 Å². The average molecular weight is 291 g/mol. The van der Waals surface area contributed by atoms with E-state index in [1.165, 1.54) is 6.07 Å². The van der Waals surface area contributed by atoms with Gasteiger partial charge in [-0.3, -0.25) is 4.79 Å². The number of amides is 1. The summed E-state index contributed by atoms with van der Waals surface area (Å²) in [6, 6.07) is 6.41. The van der Waals surface area contributed by atoms with Gasteiger partial charge in [-0.25, -0.2) is 4.39 Å². The molecule has 1 aromatic carbocycles. The first-order valence-electron chi connectivity index (χ1n) is 7.10. The molecule has 0 aliphatic carbocycles. The highest BCUT2D eigenvalue weighted by Crippen LogP contribution is 2.20. The molecule has 0 bridgehead atoms. The normalized spacial score (nSPS) is 22.9. The van der Waals surface area contributed by atoms with E-state index in [4.69, 9.17) is 4.84 Å². The SMILES string of the molecule is CN1CCN(C(=O)C2CC(c3ccccc3F)=NO2)CC1. The second-order valence-electron chi connectivity index (χ2n) is 5.44. The third kappa shape index (κ3) is 2.90. The number of rotatable bonds is 2. The lowest BCUT2D eigenvalue weighted by atomic mass is 10.0. The van der Waals surface area contributed by atoms with Crippen LogP contribution in [0.4, 0.5) is 4.39 Å². The van der Waals surface area contributed by atoms with Gasteiger partial charge < -0.3 is 14.6 Å². The fourth-order valence-corrected chi connectivity index (χ4v) is 2.59. The maximum atomic E-state index is 13.7. The molecule has 2 aliphatic heterocycles. The topological polar surface area (TPSA) is 45.1 Å². The van der Waals surface area contributed by atoms with Gasteiger partial charge in [0.05, 0.1) is 5.71 Å². The number of nitrogens with zero attached hydrogens (tertiary/aromatic N) is 3. The molecular weight excluding hydrogens is 273 g/mol. The van der Waals surface area contributed by atoms with Gasteiger partial charge in [0, 0.05) is 38.2 Å². The molecule has 3 rings (SSSR count). The van der Waals surface area contributed by atoms with E-state index in [0.717, 1.165) is 13.1 Å². The van der Waals surface area contributed by atoms with Gasteiger partial charge in [-0.05, 0) is 13.1 Å². The van der Waals surface area contributed by atoms with Crippen molar-refractivity contribution < 1.29 is 14.0 Å². The summed E-state index contributed by atoms with van der Waals surface area (Å²) in [5.41, 5.74) is 0.909. The number of oxime groups is 1. The quantitative estimate of drug-likeness (QED) is 0.819. The van der Waals surface area contributed by atoms with E-state index in [0.29, 0.717) is 30.8 Å². The maximum absolute atomic E-state index is 13.7. The monoisotopic (exact) mass is 291 g/mol. The van der Waals surface area contributed by atoms with Crippen molar-refractivity contribution in [2.45, 2.75) is 12.5 Å². The second-order valence-corrected chi connectivity index (χ2v) is 5.44. The minimum absolute atomic E-state index is 0.0572. The number of carbonyl (C=O) groups is 1. The van der Waals surface area contributed by atoms with Gasteiger partial charge in [0.2, 0.25) is 6.10 Å². The van der Waals surface area contributed by atoms with E-state index in [1.807, 2.05) is 7.05 Å². The molecule has 1 saturated heterocycles. The largest absolute Gasteiger partial charge is 0.382 e. The van der Waals surface area contributed by atoms with Gasteiger partial charge >= 0.3 is 0 Å². The standard InChI is InChI=1S/C15H18FN3O2/c1-18-6-8-19(9-7-18)15(20)14-10-13(17-21-14)11-4-2-3-5-12(11)16/h2-5,14H,6-10H2,1H3. The molecule has 0 saturated carbocycles. The Balaban J connectivity index is 1.64. The molecule has 112 valence electrons. The molecule has 0 N–H and O–H groups in total. The van der Waals surface area contributed by atoms with Gasteiger partial charge in [0.15, 0.2) is 0 Å². The molecule has 1 aromatic rings. The van der Waals surface area contributed by atoms with Crippen LogP contribution in [0.15, 0.2) is 29.4 Å². The van der Waals surface area contributed by atoms with Crippen LogP contribution in [0.1, 0.15) is 12.0 Å². The third-order valence-electron chi connectivity index (χ3n) is 3.94. The molecule has 0 spiro atoms. The zero-order valence-electron chi connectivity index (χ0n) is 12.0. The first kappa shape index (κ1) is 14.0. The smallest absolute Gasteiger partial charge is 0.266 e. The Kier molecular flexibility index (Phi) is 3.88. The molecule has 2 heterocycles. The molecule has 5 nitrogen and oxygen atoms in total. The van der Waals surface area contributed by atoms with Gasteiger partial charge in [-0.1, -0.05) is 23.4 Å². The third-order valence-corrected chi connectivity index (χ3v) is 3.94. The minimum Gasteiger partial charge on any atom is -0.382 e. The minimum atomic E-state index is -0.622. The number of likely N-dealkylation sites (N-methyl/N-ethyl adjacent to an activating group) is 1. The number of carbonyl (C=O) groups excluding carboxylic acids is 1. The summed E-state index contributed by atoms with van der Waals surface area (Å²) < 4.78 is 13.7. The first-order chi connectivity index (χ1) is 10.1. The summed E-state index contributed by atoms with van der Waals surface area (Å²) in [5.74, 6) is -0.397. The molecule has 21 heavy (non-hydrogen) atoms. The molecule has 1 fully saturated rings. The molecule has 1 atom stereocenters. The predicted molar refractivity (Wildman–Crippen MR) is 76.5 cm³/mol. The summed E-state index contributed by atoms with van der Waals surface area (Å²) in [5, 5.41) is 3.90. The lowest BCUT2D eigenvalue weighted by Gasteiger charge is -2.33. The van der Waals surface area contributed by atoms with Crippen molar-refractivity contribution in [3.63, 3.8) is 0 Å². The van der Waals surface area contributed by atoms with Crippen LogP contribution in [-0.4, -0.2) is 60.7 Å². The number of piperazine rings is 1. The Morgan fingerprint density at radius 2 is 2.00 bits per heavy atom. The van der Waals surface area contributed by atoms with Crippen molar-refractivity contribution in [3.8, 4) is 0 Å². The van der Waals surface area contributed by atoms with E-state index in [2.05, 4.69) is 10.1 Å². The number of hydrogen-bond donors (Lipinski definition) is 0. The van der Waals surface area contributed by atoms with Crippen molar-refractivity contribution in [1.82, 2.24) is 9.80 Å². The molecule has 1 unspecified atom stereocenters. The first-order valence-corrected chi connectivity index (χ1v) is 7.10. The van der Waals surface area contributed by atoms with Crippen LogP contribution < -0.4 is 0 Å². The van der Waals surface area contributed by atoms with Gasteiger partial charge in [-0.2, -0.15) is 0 Å². The van der Waals surface area contributed by atoms with Gasteiger partial charge in [0.25, 0.3) is 5.91 Å². The van der Waals surface area contributed by atoms with E-state index in [-0.39, 0.29) is 11.7 Å². The molecular formula is C15H18FN3O2. The number of halogens is 1. The van der Waals surface area contributed by atoms with E-state index in [1.54, 1.807) is 23.1 Å². The molecule has 0 aromatic heterocycles. The van der Waals surface area contributed by atoms with Crippen LogP contribution in [0, 0.1) is 5.82 Å². The molecule has 6 heteroatoms. The highest BCUT2D eigenvalue weighted by Gasteiger charge is 2.34. The van der Waals surface area contributed by atoms with Crippen LogP contribution in [-0.2, 0) is 9.63 Å². The number of hydrogen-bond acceptors (Lipinski definition) is 4. The van der Waals surface area contributed by atoms with Gasteiger partial charge in [-0.15, -0.1) is 0 Å². The Morgan fingerprint density at radius 3 is 2.71 bits per heavy atom. The summed E-state index contributed by atoms with van der Waals surface area (Å²) >= 11 is 0. The second kappa shape index (κ2) is 5.81. The number of benzene rings is 1. The van der Waals surface area contributed by atoms with Crippen molar-refractivity contribution >= 4 is 11.6 Å². The van der Waals surface area contributed by atoms with E-state index in [9.17, 15) is 9.18 Å². The highest BCUT2D eigenvalue weighted by atomic mass is 19.1. The van der Waals surface area contributed by atoms with Gasteiger partial charge in [0.1, 0.15) is 5.82 Å². The Labute approximate surface area is 123 Å². The lowest BCUT2D eigenvalue weighted by Crippen LogP contribution is -2.50. The van der Waals surface area contributed by atoms with Crippen molar-refractivity contribution in [1.29, 1.82) is 0 Å². The van der Waals surface area contributed by atoms with Crippen LogP contribution in [0.25, 0.3) is 0 Å². The zero-order chi connectivity index (χ0) is 14.8. The summed E-state index contributed by atoms with van der Waals surface area (Å²) in [7, 11) is 2.04. The highest BCUT2D eigenvalue weighted by molar-refractivity contribution is 6.04. The molecule has 1 amide bonds. The molecule has 2 aliphatic rings. The Hall–Kier alpha value is -1.95. The van der Waals surface area contributed by atoms with Crippen molar-refractivity contribution in [3.05, 3.63) is 35.6 Å². The molecule has 0 radical (unpaired) electrons. The summed E-state index contributed by atoms with van der Waals surface area (Å²) in [6.07, 6.45) is -0.297. The zero-order valence-corrected chi connectivity index (χ0v) is 12.0.